The van der Waals surface area contributed by atoms with Crippen molar-refractivity contribution in [3.05, 3.63) is 0 Å². The third-order valence-electron chi connectivity index (χ3n) is 2.45. The molecule has 0 aromatic heterocycles. The van der Waals surface area contributed by atoms with Crippen LogP contribution in [0.2, 0.25) is 26.2 Å². The molecule has 0 amide bonds. The second-order valence-electron chi connectivity index (χ2n) is 4.81. The smallest absolute Gasteiger partial charge is 0.393 e. The Hall–Kier alpha value is 0.628. The summed E-state index contributed by atoms with van der Waals surface area (Å²) < 4.78 is 35.6. The van der Waals surface area contributed by atoms with E-state index in [-0.39, 0.29) is 0 Å². The van der Waals surface area contributed by atoms with Gasteiger partial charge >= 0.3 is 36.2 Å². The summed E-state index contributed by atoms with van der Waals surface area (Å²) in [7, 11) is -8.32. The van der Waals surface area contributed by atoms with Gasteiger partial charge in [-0.05, 0) is 25.9 Å². The van der Waals surface area contributed by atoms with E-state index in [2.05, 4.69) is 13.8 Å². The number of rotatable bonds is 6. The first-order chi connectivity index (χ1) is 9.32. The molecule has 1 rings (SSSR count). The van der Waals surface area contributed by atoms with Crippen molar-refractivity contribution in [3.8, 4) is 0 Å². The molecule has 1 saturated heterocycles. The van der Waals surface area contributed by atoms with E-state index in [0.717, 1.165) is 12.8 Å². The van der Waals surface area contributed by atoms with Crippen LogP contribution in [-0.2, 0) is 25.3 Å². The summed E-state index contributed by atoms with van der Waals surface area (Å²) in [4.78, 5) is 0. The Labute approximate surface area is 128 Å². The van der Waals surface area contributed by atoms with Gasteiger partial charge in [0.2, 0.25) is 0 Å². The Bertz CT molecular complexity index is 255. The molecule has 0 bridgehead atoms. The lowest BCUT2D eigenvalue weighted by Crippen LogP contribution is -2.60. The predicted molar refractivity (Wildman–Crippen MR) is 83.3 cm³/mol. The van der Waals surface area contributed by atoms with Gasteiger partial charge in [-0.2, -0.15) is 0 Å². The van der Waals surface area contributed by atoms with E-state index >= 15 is 0 Å². The third kappa shape index (κ3) is 6.17. The topological polar surface area (TPSA) is 55.4 Å². The van der Waals surface area contributed by atoms with E-state index in [1.165, 1.54) is 0 Å². The van der Waals surface area contributed by atoms with Crippen LogP contribution in [0, 0.1) is 0 Å². The van der Waals surface area contributed by atoms with Crippen LogP contribution in [0.4, 0.5) is 0 Å². The van der Waals surface area contributed by atoms with Gasteiger partial charge in [-0.15, -0.1) is 0 Å². The van der Waals surface area contributed by atoms with Crippen molar-refractivity contribution in [1.82, 2.24) is 0 Å². The minimum atomic E-state index is -2.65. The predicted octanol–water partition coefficient (Wildman–Crippen LogP) is 2.29. The van der Waals surface area contributed by atoms with E-state index < -0.39 is 36.2 Å². The van der Waals surface area contributed by atoms with Crippen molar-refractivity contribution in [2.45, 2.75) is 52.9 Å². The zero-order chi connectivity index (χ0) is 15.2. The van der Waals surface area contributed by atoms with E-state index in [9.17, 15) is 0 Å². The molecule has 1 fully saturated rings. The van der Waals surface area contributed by atoms with Crippen LogP contribution in [0.15, 0.2) is 0 Å². The monoisotopic (exact) mass is 354 g/mol. The molecule has 1 aliphatic rings. The van der Waals surface area contributed by atoms with Gasteiger partial charge in [-0.1, -0.05) is 13.8 Å². The molecule has 0 atom stereocenters. The van der Waals surface area contributed by atoms with Gasteiger partial charge in [0.25, 0.3) is 0 Å². The molecule has 1 heterocycles. The quantitative estimate of drug-likeness (QED) is 0.682. The first-order valence-electron chi connectivity index (χ1n) is 7.03. The zero-order valence-corrected chi connectivity index (χ0v) is 17.3. The lowest BCUT2D eigenvalue weighted by Gasteiger charge is -2.38. The molecule has 20 heavy (non-hydrogen) atoms. The Morgan fingerprint density at radius 3 is 1.30 bits per heavy atom. The molecule has 118 valence electrons. The fourth-order valence-corrected chi connectivity index (χ4v) is 14.4. The molecule has 6 nitrogen and oxygen atoms in total. The highest BCUT2D eigenvalue weighted by Crippen LogP contribution is 2.22. The average molecular weight is 355 g/mol. The van der Waals surface area contributed by atoms with Crippen LogP contribution in [-0.4, -0.2) is 49.4 Å². The average Bonchev–Trinajstić information content (AvgIpc) is 2.31. The van der Waals surface area contributed by atoms with Gasteiger partial charge in [0.1, 0.15) is 0 Å². The highest BCUT2D eigenvalue weighted by atomic mass is 28.5. The molecule has 0 unspecified atom stereocenters. The second-order valence-corrected chi connectivity index (χ2v) is 14.1. The summed E-state index contributed by atoms with van der Waals surface area (Å²) in [5.41, 5.74) is 0. The van der Waals surface area contributed by atoms with E-state index in [1.807, 2.05) is 26.2 Å². The van der Waals surface area contributed by atoms with E-state index in [0.29, 0.717) is 13.2 Å². The van der Waals surface area contributed by atoms with Crippen LogP contribution < -0.4 is 0 Å². The van der Waals surface area contributed by atoms with Crippen LogP contribution in [0.25, 0.3) is 0 Å². The molecule has 0 aliphatic carbocycles. The first-order valence-corrected chi connectivity index (χ1v) is 15.1. The first kappa shape index (κ1) is 18.7. The molecule has 0 N–H and O–H groups in total. The molecule has 10 heteroatoms. The van der Waals surface area contributed by atoms with Gasteiger partial charge in [0.05, 0.1) is 0 Å². The molecular formula is C10H26O6Si4. The van der Waals surface area contributed by atoms with Crippen molar-refractivity contribution in [2.24, 2.45) is 0 Å². The maximum atomic E-state index is 6.00. The summed E-state index contributed by atoms with van der Waals surface area (Å²) in [5.74, 6) is 0. The van der Waals surface area contributed by atoms with Crippen LogP contribution in [0.5, 0.6) is 0 Å². The summed E-state index contributed by atoms with van der Waals surface area (Å²) >= 11 is 0. The maximum Gasteiger partial charge on any atom is 0.479 e. The molecule has 1 aliphatic heterocycles. The van der Waals surface area contributed by atoms with E-state index in [4.69, 9.17) is 25.3 Å². The lowest BCUT2D eigenvalue weighted by molar-refractivity contribution is 0.106. The minimum Gasteiger partial charge on any atom is -0.393 e. The Morgan fingerprint density at radius 2 is 1.05 bits per heavy atom. The fourth-order valence-electron chi connectivity index (χ4n) is 1.82. The molecule has 0 aromatic rings. The molecule has 0 saturated carbocycles. The Kier molecular flexibility index (Phi) is 7.76. The SMILES string of the molecule is CCCO[Si]1(C)O[Si](C)O[Si](C)(OCCC)O[Si](C)O1. The minimum absolute atomic E-state index is 0.633. The second kappa shape index (κ2) is 8.31. The van der Waals surface area contributed by atoms with Crippen LogP contribution in [0.1, 0.15) is 26.7 Å². The Balaban J connectivity index is 2.71. The van der Waals surface area contributed by atoms with Gasteiger partial charge in [-0.3, -0.25) is 0 Å². The summed E-state index contributed by atoms with van der Waals surface area (Å²) in [6.07, 6.45) is 1.86. The van der Waals surface area contributed by atoms with Crippen molar-refractivity contribution in [2.75, 3.05) is 13.2 Å². The molecule has 0 spiro atoms. The van der Waals surface area contributed by atoms with Crippen molar-refractivity contribution < 1.29 is 25.3 Å². The fraction of sp³-hybridized carbons (Fsp3) is 1.00. The van der Waals surface area contributed by atoms with Gasteiger partial charge in [-0.25, -0.2) is 0 Å². The van der Waals surface area contributed by atoms with Crippen molar-refractivity contribution in [3.63, 3.8) is 0 Å². The largest absolute Gasteiger partial charge is 0.479 e. The Morgan fingerprint density at radius 1 is 0.750 bits per heavy atom. The molecular weight excluding hydrogens is 328 g/mol. The highest BCUT2D eigenvalue weighted by Gasteiger charge is 2.49. The summed E-state index contributed by atoms with van der Waals surface area (Å²) in [6.45, 7) is 13.1. The van der Waals surface area contributed by atoms with Gasteiger partial charge in [0, 0.05) is 26.3 Å². The van der Waals surface area contributed by atoms with Crippen LogP contribution in [0.3, 0.4) is 0 Å². The van der Waals surface area contributed by atoms with Crippen LogP contribution >= 0.6 is 0 Å². The third-order valence-corrected chi connectivity index (χ3v) is 14.4. The molecule has 2 radical (unpaired) electrons. The lowest BCUT2D eigenvalue weighted by atomic mass is 10.5. The van der Waals surface area contributed by atoms with Crippen molar-refractivity contribution >= 4 is 36.2 Å². The highest BCUT2D eigenvalue weighted by molar-refractivity contribution is 6.81. The normalized spacial score (nSPS) is 33.9. The standard InChI is InChI=1S/C10H26O6Si4/c1-7-9-11-19(5)13-17(3)15-20(6,12-10-8-2)16-18(4)14-19/h7-10H2,1-6H3. The van der Waals surface area contributed by atoms with E-state index in [1.54, 1.807) is 0 Å². The summed E-state index contributed by atoms with van der Waals surface area (Å²) in [5, 5.41) is 0. The zero-order valence-electron chi connectivity index (χ0n) is 13.3. The van der Waals surface area contributed by atoms with Crippen molar-refractivity contribution in [1.29, 1.82) is 0 Å². The van der Waals surface area contributed by atoms with Gasteiger partial charge < -0.3 is 25.3 Å². The number of hydrogen-bond acceptors (Lipinski definition) is 6. The molecule has 0 aromatic carbocycles. The maximum absolute atomic E-state index is 6.00. The number of hydrogen-bond donors (Lipinski definition) is 0. The summed E-state index contributed by atoms with van der Waals surface area (Å²) in [6, 6.07) is 0. The van der Waals surface area contributed by atoms with Gasteiger partial charge in [0.15, 0.2) is 0 Å².